The Morgan fingerprint density at radius 1 is 1.36 bits per heavy atom. The molecule has 0 aromatic carbocycles. The Morgan fingerprint density at radius 3 is 2.64 bits per heavy atom. The Balaban J connectivity index is 2.03. The number of carbonyl (C=O) groups excluding carboxylic acids is 1. The molecular formula is C10H18O. The minimum absolute atomic E-state index is 0.423. The molecule has 1 fully saturated rings. The number of unbranched alkanes of at least 4 members (excludes halogenated alkanes) is 2. The fraction of sp³-hybridized carbons (Fsp3) is 0.900. The molecule has 0 bridgehead atoms. The van der Waals surface area contributed by atoms with Crippen LogP contribution in [0.25, 0.3) is 0 Å². The Labute approximate surface area is 69.2 Å². The molecule has 0 spiro atoms. The fourth-order valence-corrected chi connectivity index (χ4v) is 1.79. The van der Waals surface area contributed by atoms with E-state index in [2.05, 4.69) is 6.92 Å². The molecule has 0 amide bonds. The number of carbonyl (C=O) groups is 1. The molecule has 1 aliphatic carbocycles. The lowest BCUT2D eigenvalue weighted by Crippen LogP contribution is -2.26. The Hall–Kier alpha value is -0.330. The largest absolute Gasteiger partial charge is 0.303 e. The van der Waals surface area contributed by atoms with Crippen LogP contribution in [0.15, 0.2) is 0 Å². The molecule has 0 aromatic heterocycles. The van der Waals surface area contributed by atoms with E-state index in [1.807, 2.05) is 0 Å². The molecule has 1 heteroatoms. The molecule has 0 aliphatic heterocycles. The van der Waals surface area contributed by atoms with Gasteiger partial charge < -0.3 is 4.79 Å². The second kappa shape index (κ2) is 4.53. The predicted molar refractivity (Wildman–Crippen MR) is 46.4 cm³/mol. The van der Waals surface area contributed by atoms with E-state index in [9.17, 15) is 4.79 Å². The standard InChI is InChI=1S/C10H18O/c1-2-3-4-5-9-6-7-10(9)8-11/h8-10H,2-7H2,1H3. The third-order valence-electron chi connectivity index (χ3n) is 2.83. The van der Waals surface area contributed by atoms with Gasteiger partial charge in [0.2, 0.25) is 0 Å². The predicted octanol–water partition coefficient (Wildman–Crippen LogP) is 2.79. The van der Waals surface area contributed by atoms with Crippen molar-refractivity contribution in [1.29, 1.82) is 0 Å². The van der Waals surface area contributed by atoms with Crippen LogP contribution in [0.2, 0.25) is 0 Å². The summed E-state index contributed by atoms with van der Waals surface area (Å²) in [5.74, 6) is 1.17. The molecule has 0 saturated heterocycles. The van der Waals surface area contributed by atoms with E-state index in [1.54, 1.807) is 0 Å². The van der Waals surface area contributed by atoms with Crippen molar-refractivity contribution in [2.24, 2.45) is 11.8 Å². The average molecular weight is 154 g/mol. The van der Waals surface area contributed by atoms with E-state index in [1.165, 1.54) is 32.1 Å². The van der Waals surface area contributed by atoms with Gasteiger partial charge in [-0.3, -0.25) is 0 Å². The summed E-state index contributed by atoms with van der Waals surface area (Å²) in [7, 11) is 0. The molecule has 0 heterocycles. The van der Waals surface area contributed by atoms with Crippen LogP contribution in [0.4, 0.5) is 0 Å². The summed E-state index contributed by atoms with van der Waals surface area (Å²) < 4.78 is 0. The van der Waals surface area contributed by atoms with E-state index in [0.717, 1.165) is 18.6 Å². The maximum atomic E-state index is 10.4. The van der Waals surface area contributed by atoms with Crippen LogP contribution >= 0.6 is 0 Å². The van der Waals surface area contributed by atoms with Gasteiger partial charge in [-0.1, -0.05) is 26.2 Å². The monoisotopic (exact) mass is 154 g/mol. The lowest BCUT2D eigenvalue weighted by Gasteiger charge is -2.32. The quantitative estimate of drug-likeness (QED) is 0.439. The summed E-state index contributed by atoms with van der Waals surface area (Å²) in [6, 6.07) is 0. The van der Waals surface area contributed by atoms with Crippen molar-refractivity contribution in [2.45, 2.75) is 45.4 Å². The van der Waals surface area contributed by atoms with Crippen molar-refractivity contribution in [1.82, 2.24) is 0 Å². The van der Waals surface area contributed by atoms with Crippen LogP contribution < -0.4 is 0 Å². The van der Waals surface area contributed by atoms with E-state index in [0.29, 0.717) is 5.92 Å². The average Bonchev–Trinajstić information content (AvgIpc) is 1.97. The van der Waals surface area contributed by atoms with Crippen LogP contribution in [0.3, 0.4) is 0 Å². The smallest absolute Gasteiger partial charge is 0.123 e. The van der Waals surface area contributed by atoms with Gasteiger partial charge in [-0.2, -0.15) is 0 Å². The first-order chi connectivity index (χ1) is 5.38. The molecule has 1 aliphatic rings. The van der Waals surface area contributed by atoms with Gasteiger partial charge >= 0.3 is 0 Å². The molecule has 0 N–H and O–H groups in total. The number of aldehydes is 1. The van der Waals surface area contributed by atoms with Gasteiger partial charge in [0.25, 0.3) is 0 Å². The van der Waals surface area contributed by atoms with Gasteiger partial charge in [0.1, 0.15) is 6.29 Å². The van der Waals surface area contributed by atoms with Crippen LogP contribution in [-0.2, 0) is 4.79 Å². The Morgan fingerprint density at radius 2 is 2.18 bits per heavy atom. The van der Waals surface area contributed by atoms with Crippen molar-refractivity contribution < 1.29 is 4.79 Å². The molecule has 1 rings (SSSR count). The van der Waals surface area contributed by atoms with Gasteiger partial charge in [0.15, 0.2) is 0 Å². The highest BCUT2D eigenvalue weighted by molar-refractivity contribution is 5.55. The summed E-state index contributed by atoms with van der Waals surface area (Å²) in [6.45, 7) is 2.22. The molecular weight excluding hydrogens is 136 g/mol. The Kier molecular flexibility index (Phi) is 3.61. The normalized spacial score (nSPS) is 29.5. The molecule has 0 aromatic rings. The van der Waals surface area contributed by atoms with E-state index >= 15 is 0 Å². The first-order valence-corrected chi connectivity index (χ1v) is 4.83. The highest BCUT2D eigenvalue weighted by atomic mass is 16.1. The van der Waals surface area contributed by atoms with E-state index in [4.69, 9.17) is 0 Å². The van der Waals surface area contributed by atoms with Gasteiger partial charge in [-0.05, 0) is 25.2 Å². The molecule has 2 unspecified atom stereocenters. The second-order valence-corrected chi connectivity index (χ2v) is 3.63. The van der Waals surface area contributed by atoms with E-state index in [-0.39, 0.29) is 0 Å². The maximum Gasteiger partial charge on any atom is 0.123 e. The number of hydrogen-bond donors (Lipinski definition) is 0. The molecule has 64 valence electrons. The van der Waals surface area contributed by atoms with Gasteiger partial charge in [0.05, 0.1) is 0 Å². The van der Waals surface area contributed by atoms with Crippen molar-refractivity contribution in [3.05, 3.63) is 0 Å². The first-order valence-electron chi connectivity index (χ1n) is 4.83. The zero-order valence-corrected chi connectivity index (χ0v) is 7.38. The molecule has 0 radical (unpaired) electrons. The summed E-state index contributed by atoms with van der Waals surface area (Å²) in [4.78, 5) is 10.4. The van der Waals surface area contributed by atoms with Gasteiger partial charge in [-0.25, -0.2) is 0 Å². The first kappa shape index (κ1) is 8.76. The van der Waals surface area contributed by atoms with Crippen LogP contribution in [0.1, 0.15) is 45.4 Å². The number of hydrogen-bond acceptors (Lipinski definition) is 1. The molecule has 1 saturated carbocycles. The summed E-state index contributed by atoms with van der Waals surface area (Å²) in [5.41, 5.74) is 0. The second-order valence-electron chi connectivity index (χ2n) is 3.63. The van der Waals surface area contributed by atoms with Gasteiger partial charge in [0, 0.05) is 5.92 Å². The molecule has 11 heavy (non-hydrogen) atoms. The lowest BCUT2D eigenvalue weighted by atomic mass is 9.72. The van der Waals surface area contributed by atoms with Gasteiger partial charge in [-0.15, -0.1) is 0 Å². The minimum Gasteiger partial charge on any atom is -0.303 e. The minimum atomic E-state index is 0.423. The van der Waals surface area contributed by atoms with Crippen molar-refractivity contribution in [3.8, 4) is 0 Å². The zero-order chi connectivity index (χ0) is 8.10. The topological polar surface area (TPSA) is 17.1 Å². The molecule has 1 nitrogen and oxygen atoms in total. The third kappa shape index (κ3) is 2.32. The van der Waals surface area contributed by atoms with Crippen molar-refractivity contribution in [3.63, 3.8) is 0 Å². The SMILES string of the molecule is CCCCCC1CCC1C=O. The van der Waals surface area contributed by atoms with Crippen LogP contribution in [0, 0.1) is 11.8 Å². The fourth-order valence-electron chi connectivity index (χ4n) is 1.79. The maximum absolute atomic E-state index is 10.4. The third-order valence-corrected chi connectivity index (χ3v) is 2.83. The van der Waals surface area contributed by atoms with E-state index < -0.39 is 0 Å². The van der Waals surface area contributed by atoms with Crippen molar-refractivity contribution >= 4 is 6.29 Å². The number of rotatable bonds is 5. The lowest BCUT2D eigenvalue weighted by molar-refractivity contribution is -0.115. The summed E-state index contributed by atoms with van der Waals surface area (Å²) >= 11 is 0. The van der Waals surface area contributed by atoms with Crippen molar-refractivity contribution in [2.75, 3.05) is 0 Å². The van der Waals surface area contributed by atoms with Crippen LogP contribution in [-0.4, -0.2) is 6.29 Å². The summed E-state index contributed by atoms with van der Waals surface area (Å²) in [5, 5.41) is 0. The van der Waals surface area contributed by atoms with Crippen LogP contribution in [0.5, 0.6) is 0 Å². The highest BCUT2D eigenvalue weighted by Crippen LogP contribution is 2.36. The zero-order valence-electron chi connectivity index (χ0n) is 7.38. The molecule has 2 atom stereocenters. The highest BCUT2D eigenvalue weighted by Gasteiger charge is 2.29. The summed E-state index contributed by atoms with van der Waals surface area (Å²) in [6.07, 6.45) is 8.84. The Bertz CT molecular complexity index is 120.